The van der Waals surface area contributed by atoms with E-state index in [-0.39, 0.29) is 12.0 Å². The van der Waals surface area contributed by atoms with Crippen LogP contribution in [0, 0.1) is 29.1 Å². The molecule has 3 rings (SSSR count). The highest BCUT2D eigenvalue weighted by Crippen LogP contribution is 2.41. The average Bonchev–Trinajstić information content (AvgIpc) is 2.92. The fraction of sp³-hybridized carbons (Fsp3) is 0.929. The van der Waals surface area contributed by atoms with E-state index in [0.717, 1.165) is 25.9 Å². The predicted molar refractivity (Wildman–Crippen MR) is 65.2 cm³/mol. The van der Waals surface area contributed by atoms with Crippen molar-refractivity contribution in [2.75, 3.05) is 13.1 Å². The van der Waals surface area contributed by atoms with Crippen molar-refractivity contribution in [2.24, 2.45) is 17.8 Å². The van der Waals surface area contributed by atoms with Crippen LogP contribution in [0.1, 0.15) is 38.5 Å². The molecule has 0 amide bonds. The van der Waals surface area contributed by atoms with Gasteiger partial charge in [0.05, 0.1) is 18.1 Å². The Bertz CT molecular complexity index is 325. The Morgan fingerprint density at radius 3 is 2.65 bits per heavy atom. The molecule has 1 N–H and O–H groups in total. The summed E-state index contributed by atoms with van der Waals surface area (Å²) < 4.78 is 0. The third-order valence-electron chi connectivity index (χ3n) is 5.21. The molecular weight excluding hydrogens is 212 g/mol. The van der Waals surface area contributed by atoms with E-state index in [1.807, 2.05) is 0 Å². The maximum atomic E-state index is 9.95. The molecule has 5 unspecified atom stereocenters. The van der Waals surface area contributed by atoms with Gasteiger partial charge in [-0.15, -0.1) is 0 Å². The van der Waals surface area contributed by atoms with E-state index >= 15 is 0 Å². The molecule has 0 radical (unpaired) electrons. The summed E-state index contributed by atoms with van der Waals surface area (Å²) in [6, 6.07) is 2.98. The monoisotopic (exact) mass is 234 g/mol. The highest BCUT2D eigenvalue weighted by atomic mass is 16.3. The van der Waals surface area contributed by atoms with Gasteiger partial charge in [0, 0.05) is 25.0 Å². The molecular formula is C14H22N2O. The van der Waals surface area contributed by atoms with Crippen molar-refractivity contribution in [3.8, 4) is 6.07 Å². The number of aliphatic hydroxyl groups is 1. The second kappa shape index (κ2) is 4.59. The third-order valence-corrected chi connectivity index (χ3v) is 5.21. The van der Waals surface area contributed by atoms with Crippen LogP contribution in [0.2, 0.25) is 0 Å². The van der Waals surface area contributed by atoms with Gasteiger partial charge in [-0.1, -0.05) is 12.8 Å². The lowest BCUT2D eigenvalue weighted by Crippen LogP contribution is -2.41. The summed E-state index contributed by atoms with van der Waals surface area (Å²) in [5.41, 5.74) is 0. The van der Waals surface area contributed by atoms with E-state index < -0.39 is 0 Å². The molecule has 3 nitrogen and oxygen atoms in total. The number of nitrogens with zero attached hydrogens (tertiary/aromatic N) is 2. The van der Waals surface area contributed by atoms with E-state index in [2.05, 4.69) is 11.0 Å². The number of hydrogen-bond donors (Lipinski definition) is 1. The number of aliphatic hydroxyl groups excluding tert-OH is 1. The van der Waals surface area contributed by atoms with Gasteiger partial charge >= 0.3 is 0 Å². The lowest BCUT2D eigenvalue weighted by Gasteiger charge is -2.35. The minimum Gasteiger partial charge on any atom is -0.393 e. The summed E-state index contributed by atoms with van der Waals surface area (Å²) >= 11 is 0. The molecule has 3 aliphatic rings. The average molecular weight is 234 g/mol. The molecule has 3 fully saturated rings. The van der Waals surface area contributed by atoms with Gasteiger partial charge in [0.15, 0.2) is 0 Å². The van der Waals surface area contributed by atoms with E-state index in [4.69, 9.17) is 0 Å². The van der Waals surface area contributed by atoms with Gasteiger partial charge in [0.1, 0.15) is 0 Å². The van der Waals surface area contributed by atoms with Gasteiger partial charge in [-0.25, -0.2) is 0 Å². The Morgan fingerprint density at radius 2 is 1.88 bits per heavy atom. The minimum atomic E-state index is -0.0749. The zero-order valence-corrected chi connectivity index (χ0v) is 10.4. The number of fused-ring (bicyclic) bond motifs is 1. The number of rotatable bonds is 1. The van der Waals surface area contributed by atoms with E-state index in [1.165, 1.54) is 25.7 Å². The standard InChI is InChI=1S/C14H22N2O/c15-7-10-3-1-2-4-13(10)16-8-11-5-6-14(17)12(11)9-16/h10-14,17H,1-6,8-9H2. The van der Waals surface area contributed by atoms with Crippen LogP contribution in [-0.2, 0) is 0 Å². The van der Waals surface area contributed by atoms with Crippen molar-refractivity contribution < 1.29 is 5.11 Å². The summed E-state index contributed by atoms with van der Waals surface area (Å²) in [5, 5.41) is 19.2. The summed E-state index contributed by atoms with van der Waals surface area (Å²) in [6.45, 7) is 2.17. The molecule has 94 valence electrons. The normalized spacial score (nSPS) is 46.7. The Hall–Kier alpha value is -0.590. The lowest BCUT2D eigenvalue weighted by atomic mass is 9.84. The van der Waals surface area contributed by atoms with Crippen LogP contribution >= 0.6 is 0 Å². The largest absolute Gasteiger partial charge is 0.393 e. The smallest absolute Gasteiger partial charge is 0.0672 e. The molecule has 1 heterocycles. The summed E-state index contributed by atoms with van der Waals surface area (Å²) in [4.78, 5) is 2.52. The maximum absolute atomic E-state index is 9.95. The van der Waals surface area contributed by atoms with Crippen LogP contribution in [0.5, 0.6) is 0 Å². The Balaban J connectivity index is 1.68. The fourth-order valence-electron chi connectivity index (χ4n) is 4.24. The summed E-state index contributed by atoms with van der Waals surface area (Å²) in [5.74, 6) is 1.43. The highest BCUT2D eigenvalue weighted by Gasteiger charge is 2.45. The first-order valence-corrected chi connectivity index (χ1v) is 7.11. The first-order valence-electron chi connectivity index (χ1n) is 7.11. The SMILES string of the molecule is N#CC1CCCCC1N1CC2CCC(O)C2C1. The summed E-state index contributed by atoms with van der Waals surface area (Å²) in [6.07, 6.45) is 6.87. The molecule has 5 atom stereocenters. The van der Waals surface area contributed by atoms with Crippen molar-refractivity contribution in [3.63, 3.8) is 0 Å². The molecule has 2 aliphatic carbocycles. The van der Waals surface area contributed by atoms with E-state index in [9.17, 15) is 10.4 Å². The van der Waals surface area contributed by atoms with Crippen molar-refractivity contribution in [1.82, 2.24) is 4.90 Å². The van der Waals surface area contributed by atoms with E-state index in [1.54, 1.807) is 0 Å². The topological polar surface area (TPSA) is 47.3 Å². The third kappa shape index (κ3) is 1.98. The summed E-state index contributed by atoms with van der Waals surface area (Å²) in [7, 11) is 0. The molecule has 17 heavy (non-hydrogen) atoms. The molecule has 0 aromatic heterocycles. The molecule has 0 aromatic carbocycles. The second-order valence-electron chi connectivity index (χ2n) is 6.11. The molecule has 1 aliphatic heterocycles. The van der Waals surface area contributed by atoms with Crippen molar-refractivity contribution in [3.05, 3.63) is 0 Å². The van der Waals surface area contributed by atoms with Gasteiger partial charge in [-0.05, 0) is 31.6 Å². The lowest BCUT2D eigenvalue weighted by molar-refractivity contribution is 0.103. The van der Waals surface area contributed by atoms with Crippen LogP contribution in [0.15, 0.2) is 0 Å². The first-order chi connectivity index (χ1) is 8.29. The molecule has 3 heteroatoms. The number of hydrogen-bond acceptors (Lipinski definition) is 3. The van der Waals surface area contributed by atoms with Crippen molar-refractivity contribution in [2.45, 2.75) is 50.7 Å². The Morgan fingerprint density at radius 1 is 1.06 bits per heavy atom. The Labute approximate surface area is 103 Å². The van der Waals surface area contributed by atoms with Crippen LogP contribution < -0.4 is 0 Å². The Kier molecular flexibility index (Phi) is 3.10. The van der Waals surface area contributed by atoms with Crippen molar-refractivity contribution in [1.29, 1.82) is 5.26 Å². The molecule has 0 bridgehead atoms. The van der Waals surface area contributed by atoms with Crippen molar-refractivity contribution >= 4 is 0 Å². The zero-order valence-electron chi connectivity index (χ0n) is 10.4. The number of nitriles is 1. The van der Waals surface area contributed by atoms with Crippen LogP contribution in [-0.4, -0.2) is 35.2 Å². The van der Waals surface area contributed by atoms with Gasteiger partial charge in [-0.3, -0.25) is 4.90 Å². The molecule has 1 saturated heterocycles. The van der Waals surface area contributed by atoms with Gasteiger partial charge in [-0.2, -0.15) is 5.26 Å². The van der Waals surface area contributed by atoms with Gasteiger partial charge in [0.2, 0.25) is 0 Å². The number of likely N-dealkylation sites (tertiary alicyclic amines) is 1. The quantitative estimate of drug-likeness (QED) is 0.752. The second-order valence-corrected chi connectivity index (χ2v) is 6.11. The van der Waals surface area contributed by atoms with E-state index in [0.29, 0.717) is 17.9 Å². The molecule has 0 aromatic rings. The van der Waals surface area contributed by atoms with Crippen LogP contribution in [0.25, 0.3) is 0 Å². The highest BCUT2D eigenvalue weighted by molar-refractivity contribution is 5.01. The molecule has 2 saturated carbocycles. The van der Waals surface area contributed by atoms with Gasteiger partial charge in [0.25, 0.3) is 0 Å². The zero-order chi connectivity index (χ0) is 11.8. The van der Waals surface area contributed by atoms with Crippen LogP contribution in [0.4, 0.5) is 0 Å². The minimum absolute atomic E-state index is 0.0749. The van der Waals surface area contributed by atoms with Crippen LogP contribution in [0.3, 0.4) is 0 Å². The predicted octanol–water partition coefficient (Wildman–Crippen LogP) is 1.77. The first kappa shape index (κ1) is 11.5. The van der Waals surface area contributed by atoms with Gasteiger partial charge < -0.3 is 5.11 Å². The fourth-order valence-corrected chi connectivity index (χ4v) is 4.24. The maximum Gasteiger partial charge on any atom is 0.0672 e. The molecule has 0 spiro atoms.